The van der Waals surface area contributed by atoms with Crippen molar-refractivity contribution in [2.75, 3.05) is 11.1 Å². The van der Waals surface area contributed by atoms with E-state index in [9.17, 15) is 8.42 Å². The average Bonchev–Trinajstić information content (AvgIpc) is 3.55. The maximum Gasteiger partial charge on any atom is 0.238 e. The number of para-hydroxylation sites is 1. The quantitative estimate of drug-likeness (QED) is 0.261. The zero-order valence-corrected chi connectivity index (χ0v) is 20.4. The number of thiazole rings is 2. The molecule has 0 aliphatic rings. The van der Waals surface area contributed by atoms with Gasteiger partial charge in [-0.1, -0.05) is 29.5 Å². The SMILES string of the molecule is Nc1nc(Nc2ccc(S(N)(=O)=O)cc2)sc1-c1nc(-c2ccc3oc4ccccc4c3c2)cs1. The van der Waals surface area contributed by atoms with E-state index < -0.39 is 10.0 Å². The minimum atomic E-state index is -3.74. The lowest BCUT2D eigenvalue weighted by Crippen LogP contribution is -2.11. The summed E-state index contributed by atoms with van der Waals surface area (Å²) < 4.78 is 28.8. The zero-order valence-electron chi connectivity index (χ0n) is 17.9. The van der Waals surface area contributed by atoms with Gasteiger partial charge in [0, 0.05) is 27.4 Å². The third-order valence-electron chi connectivity index (χ3n) is 5.46. The Hall–Kier alpha value is -3.77. The van der Waals surface area contributed by atoms with Crippen LogP contribution in [0.5, 0.6) is 0 Å². The Morgan fingerprint density at radius 1 is 0.914 bits per heavy atom. The molecule has 0 bridgehead atoms. The molecule has 5 N–H and O–H groups in total. The molecule has 0 saturated heterocycles. The molecule has 3 aromatic heterocycles. The van der Waals surface area contributed by atoms with Crippen molar-refractivity contribution in [3.63, 3.8) is 0 Å². The number of nitrogen functional groups attached to an aromatic ring is 1. The fourth-order valence-electron chi connectivity index (χ4n) is 3.79. The van der Waals surface area contributed by atoms with Gasteiger partial charge in [0.25, 0.3) is 0 Å². The number of primary sulfonamides is 1. The first-order valence-corrected chi connectivity index (χ1v) is 13.6. The number of nitrogens with zero attached hydrogens (tertiary/aromatic N) is 2. The molecule has 0 atom stereocenters. The lowest BCUT2D eigenvalue weighted by atomic mass is 10.1. The van der Waals surface area contributed by atoms with Crippen molar-refractivity contribution in [2.45, 2.75) is 4.90 Å². The van der Waals surface area contributed by atoms with Crippen molar-refractivity contribution in [1.82, 2.24) is 9.97 Å². The van der Waals surface area contributed by atoms with Crippen LogP contribution in [0.3, 0.4) is 0 Å². The third kappa shape index (κ3) is 4.04. The molecule has 0 saturated carbocycles. The Bertz CT molecular complexity index is 1820. The molecule has 0 unspecified atom stereocenters. The van der Waals surface area contributed by atoms with Crippen LogP contribution in [0.2, 0.25) is 0 Å². The van der Waals surface area contributed by atoms with Crippen LogP contribution in [0.15, 0.2) is 81.4 Å². The lowest BCUT2D eigenvalue weighted by molar-refractivity contribution is 0.598. The van der Waals surface area contributed by atoms with Crippen LogP contribution in [0.1, 0.15) is 0 Å². The Morgan fingerprint density at radius 3 is 2.49 bits per heavy atom. The summed E-state index contributed by atoms with van der Waals surface area (Å²) in [5.41, 5.74) is 10.4. The van der Waals surface area contributed by atoms with Crippen molar-refractivity contribution >= 4 is 71.3 Å². The summed E-state index contributed by atoms with van der Waals surface area (Å²) >= 11 is 2.87. The lowest BCUT2D eigenvalue weighted by Gasteiger charge is -2.03. The van der Waals surface area contributed by atoms with Gasteiger partial charge in [-0.25, -0.2) is 23.5 Å². The zero-order chi connectivity index (χ0) is 24.2. The van der Waals surface area contributed by atoms with Crippen molar-refractivity contribution < 1.29 is 12.8 Å². The minimum Gasteiger partial charge on any atom is -0.456 e. The van der Waals surface area contributed by atoms with Gasteiger partial charge >= 0.3 is 0 Å². The topological polar surface area (TPSA) is 137 Å². The highest BCUT2D eigenvalue weighted by molar-refractivity contribution is 7.89. The number of sulfonamides is 1. The molecule has 0 amide bonds. The first-order chi connectivity index (χ1) is 16.8. The van der Waals surface area contributed by atoms with Crippen LogP contribution in [-0.4, -0.2) is 18.4 Å². The molecular formula is C24H17N5O3S3. The van der Waals surface area contributed by atoms with Crippen LogP contribution >= 0.6 is 22.7 Å². The minimum absolute atomic E-state index is 0.0410. The molecule has 3 aromatic carbocycles. The monoisotopic (exact) mass is 519 g/mol. The first kappa shape index (κ1) is 21.7. The van der Waals surface area contributed by atoms with E-state index >= 15 is 0 Å². The van der Waals surface area contributed by atoms with Crippen LogP contribution in [0.4, 0.5) is 16.6 Å². The fraction of sp³-hybridized carbons (Fsp3) is 0. The molecule has 0 aliphatic heterocycles. The Kier molecular flexibility index (Phi) is 5.07. The number of benzene rings is 3. The summed E-state index contributed by atoms with van der Waals surface area (Å²) in [6.45, 7) is 0. The van der Waals surface area contributed by atoms with Gasteiger partial charge in [-0.3, -0.25) is 0 Å². The van der Waals surface area contributed by atoms with Gasteiger partial charge in [0.05, 0.1) is 10.6 Å². The van der Waals surface area contributed by atoms with Crippen LogP contribution in [0.25, 0.3) is 43.1 Å². The van der Waals surface area contributed by atoms with E-state index in [1.165, 1.54) is 34.8 Å². The molecule has 11 heteroatoms. The van der Waals surface area contributed by atoms with E-state index in [-0.39, 0.29) is 4.90 Å². The highest BCUT2D eigenvalue weighted by Gasteiger charge is 2.16. The molecular weight excluding hydrogens is 502 g/mol. The van der Waals surface area contributed by atoms with Gasteiger partial charge in [0.1, 0.15) is 26.9 Å². The highest BCUT2D eigenvalue weighted by Crippen LogP contribution is 2.40. The predicted octanol–water partition coefficient (Wildman–Crippen LogP) is 5.81. The van der Waals surface area contributed by atoms with Crippen molar-refractivity contribution in [3.05, 3.63) is 72.1 Å². The number of hydrogen-bond acceptors (Lipinski definition) is 9. The Balaban J connectivity index is 1.28. The molecule has 6 aromatic rings. The molecule has 0 radical (unpaired) electrons. The van der Waals surface area contributed by atoms with E-state index in [2.05, 4.69) is 16.4 Å². The summed E-state index contributed by atoms with van der Waals surface area (Å²) in [7, 11) is -3.74. The van der Waals surface area contributed by atoms with Gasteiger partial charge in [-0.05, 0) is 48.5 Å². The Morgan fingerprint density at radius 2 is 1.69 bits per heavy atom. The van der Waals surface area contributed by atoms with E-state index in [0.717, 1.165) is 43.1 Å². The fourth-order valence-corrected chi connectivity index (χ4v) is 6.13. The number of aromatic nitrogens is 2. The number of rotatable bonds is 5. The van der Waals surface area contributed by atoms with E-state index in [1.807, 2.05) is 41.8 Å². The summed E-state index contributed by atoms with van der Waals surface area (Å²) in [6, 6.07) is 20.1. The van der Waals surface area contributed by atoms with Gasteiger partial charge < -0.3 is 15.5 Å². The second kappa shape index (κ2) is 8.17. The summed E-state index contributed by atoms with van der Waals surface area (Å²) in [5, 5.41) is 13.7. The van der Waals surface area contributed by atoms with Crippen molar-refractivity contribution in [3.8, 4) is 21.1 Å². The van der Waals surface area contributed by atoms with Crippen LogP contribution < -0.4 is 16.2 Å². The van der Waals surface area contributed by atoms with Gasteiger partial charge in [-0.15, -0.1) is 11.3 Å². The van der Waals surface area contributed by atoms with Gasteiger partial charge in [-0.2, -0.15) is 0 Å². The summed E-state index contributed by atoms with van der Waals surface area (Å²) in [5.74, 6) is 0.371. The van der Waals surface area contributed by atoms with Crippen LogP contribution in [0, 0.1) is 0 Å². The largest absolute Gasteiger partial charge is 0.456 e. The molecule has 174 valence electrons. The number of fused-ring (bicyclic) bond motifs is 3. The maximum absolute atomic E-state index is 11.4. The molecule has 8 nitrogen and oxygen atoms in total. The molecule has 35 heavy (non-hydrogen) atoms. The second-order valence-corrected chi connectivity index (χ2v) is 11.2. The smallest absolute Gasteiger partial charge is 0.238 e. The number of nitrogens with one attached hydrogen (secondary N) is 1. The molecule has 0 aliphatic carbocycles. The first-order valence-electron chi connectivity index (χ1n) is 10.4. The van der Waals surface area contributed by atoms with E-state index in [1.54, 1.807) is 12.1 Å². The summed E-state index contributed by atoms with van der Waals surface area (Å²) in [6.07, 6.45) is 0. The van der Waals surface area contributed by atoms with Crippen LogP contribution in [-0.2, 0) is 10.0 Å². The van der Waals surface area contributed by atoms with Crippen molar-refractivity contribution in [1.29, 1.82) is 0 Å². The van der Waals surface area contributed by atoms with Gasteiger partial charge in [0.2, 0.25) is 10.0 Å². The molecule has 0 spiro atoms. The number of anilines is 3. The normalized spacial score (nSPS) is 11.9. The highest BCUT2D eigenvalue weighted by atomic mass is 32.2. The standard InChI is InChI=1S/C24H17N5O3S3/c25-22-21(34-24(29-22)27-14-6-8-15(9-7-14)35(26,30)31)23-28-18(12-33-23)13-5-10-20-17(11-13)16-3-1-2-4-19(16)32-20/h1-12H,25H2,(H,27,29)(H2,26,30,31). The summed E-state index contributed by atoms with van der Waals surface area (Å²) in [4.78, 5) is 10.0. The molecule has 6 rings (SSSR count). The second-order valence-electron chi connectivity index (χ2n) is 7.77. The average molecular weight is 520 g/mol. The van der Waals surface area contributed by atoms with E-state index in [0.29, 0.717) is 16.6 Å². The number of hydrogen-bond donors (Lipinski definition) is 3. The Labute approximate surface area is 207 Å². The molecule has 3 heterocycles. The van der Waals surface area contributed by atoms with Gasteiger partial charge in [0.15, 0.2) is 5.13 Å². The predicted molar refractivity (Wildman–Crippen MR) is 141 cm³/mol. The maximum atomic E-state index is 11.4. The van der Waals surface area contributed by atoms with E-state index in [4.69, 9.17) is 20.3 Å². The molecule has 0 fully saturated rings. The number of furan rings is 1. The van der Waals surface area contributed by atoms with Crippen molar-refractivity contribution in [2.24, 2.45) is 5.14 Å². The number of nitrogens with two attached hydrogens (primary N) is 2. The third-order valence-corrected chi connectivity index (χ3v) is 8.37.